The first-order chi connectivity index (χ1) is 7.58. The molecule has 1 rings (SSSR count). The zero-order valence-corrected chi connectivity index (χ0v) is 10.3. The van der Waals surface area contributed by atoms with Gasteiger partial charge in [0.25, 0.3) is 0 Å². The monoisotopic (exact) mass is 246 g/mol. The molecule has 1 aromatic heterocycles. The molecule has 1 aromatic rings. The lowest BCUT2D eigenvalue weighted by atomic mass is 10.3. The highest BCUT2D eigenvalue weighted by Crippen LogP contribution is 2.09. The summed E-state index contributed by atoms with van der Waals surface area (Å²) in [5.74, 6) is 0.451. The molecule has 1 heterocycles. The van der Waals surface area contributed by atoms with Crippen molar-refractivity contribution in [3.8, 4) is 0 Å². The molecule has 1 N–H and O–H groups in total. The van der Waals surface area contributed by atoms with Crippen LogP contribution in [0.3, 0.4) is 0 Å². The third-order valence-corrected chi connectivity index (χ3v) is 2.37. The van der Waals surface area contributed by atoms with Gasteiger partial charge in [-0.15, -0.1) is 16.7 Å². The second-order valence-electron chi connectivity index (χ2n) is 3.35. The molecule has 7 heteroatoms. The van der Waals surface area contributed by atoms with Gasteiger partial charge in [-0.3, -0.25) is 4.79 Å². The molecule has 0 aliphatic heterocycles. The van der Waals surface area contributed by atoms with E-state index in [1.807, 2.05) is 6.92 Å². The van der Waals surface area contributed by atoms with E-state index in [2.05, 4.69) is 15.5 Å². The largest absolute Gasteiger partial charge is 0.407 e. The average molecular weight is 247 g/mol. The normalized spacial score (nSPS) is 12.2. The molecule has 0 radical (unpaired) electrons. The van der Waals surface area contributed by atoms with Crippen molar-refractivity contribution < 1.29 is 9.21 Å². The molecule has 16 heavy (non-hydrogen) atoms. The molecular weight excluding hydrogens is 232 g/mol. The van der Waals surface area contributed by atoms with E-state index in [1.54, 1.807) is 18.9 Å². The number of alkyl halides is 1. The first-order valence-electron chi connectivity index (χ1n) is 4.98. The summed E-state index contributed by atoms with van der Waals surface area (Å²) in [6, 6.07) is -0.199. The number of carbonyl (C=O) groups excluding carboxylic acids is 1. The Labute approximate surface area is 99.0 Å². The summed E-state index contributed by atoms with van der Waals surface area (Å²) < 4.78 is 5.13. The maximum atomic E-state index is 11.7. The molecule has 6 nitrogen and oxygen atoms in total. The third-order valence-electron chi connectivity index (χ3n) is 2.14. The zero-order valence-electron chi connectivity index (χ0n) is 9.53. The van der Waals surface area contributed by atoms with E-state index in [1.165, 1.54) is 0 Å². The van der Waals surface area contributed by atoms with Gasteiger partial charge in [0.05, 0.1) is 0 Å². The Balaban J connectivity index is 2.56. The molecule has 1 amide bonds. The van der Waals surface area contributed by atoms with E-state index < -0.39 is 6.04 Å². The van der Waals surface area contributed by atoms with Crippen LogP contribution in [0.5, 0.6) is 0 Å². The minimum atomic E-state index is -0.409. The summed E-state index contributed by atoms with van der Waals surface area (Å²) in [5.41, 5.74) is 0. The van der Waals surface area contributed by atoms with Crippen molar-refractivity contribution in [1.82, 2.24) is 15.1 Å². The number of aromatic nitrogens is 2. The van der Waals surface area contributed by atoms with Gasteiger partial charge in [-0.25, -0.2) is 0 Å². The molecule has 0 saturated carbocycles. The van der Waals surface area contributed by atoms with E-state index in [9.17, 15) is 4.79 Å². The lowest BCUT2D eigenvalue weighted by Gasteiger charge is -2.19. The fourth-order valence-corrected chi connectivity index (χ4v) is 1.21. The lowest BCUT2D eigenvalue weighted by Crippen LogP contribution is -2.38. The summed E-state index contributed by atoms with van der Waals surface area (Å²) in [5, 5.41) is 10.2. The van der Waals surface area contributed by atoms with Crippen LogP contribution < -0.4 is 5.32 Å². The van der Waals surface area contributed by atoms with Gasteiger partial charge >= 0.3 is 6.01 Å². The molecule has 0 aliphatic carbocycles. The van der Waals surface area contributed by atoms with Gasteiger partial charge in [0.2, 0.25) is 11.8 Å². The Morgan fingerprint density at radius 1 is 1.62 bits per heavy atom. The van der Waals surface area contributed by atoms with Gasteiger partial charge in [-0.1, -0.05) is 5.10 Å². The Kier molecular flexibility index (Phi) is 4.54. The van der Waals surface area contributed by atoms with Crippen molar-refractivity contribution in [2.24, 2.45) is 0 Å². The van der Waals surface area contributed by atoms with Crippen LogP contribution in [0, 0.1) is 0 Å². The Hall–Kier alpha value is -1.30. The summed E-state index contributed by atoms with van der Waals surface area (Å²) in [6.07, 6.45) is 0. The van der Waals surface area contributed by atoms with E-state index in [0.717, 1.165) is 0 Å². The van der Waals surface area contributed by atoms with Crippen molar-refractivity contribution in [3.63, 3.8) is 0 Å². The molecule has 0 aromatic carbocycles. The predicted molar refractivity (Wildman–Crippen MR) is 60.3 cm³/mol. The number of likely N-dealkylation sites (N-methyl/N-ethyl adjacent to an activating group) is 1. The summed E-state index contributed by atoms with van der Waals surface area (Å²) in [4.78, 5) is 13.3. The highest BCUT2D eigenvalue weighted by atomic mass is 35.5. The molecular formula is C9H15ClN4O2. The van der Waals surface area contributed by atoms with Crippen LogP contribution in [-0.4, -0.2) is 40.6 Å². The standard InChI is InChI=1S/C9H15ClN4O2/c1-4-14(3)8(15)6(2)11-9-13-12-7(5-10)16-9/h6H,4-5H2,1-3H3,(H,11,13). The second kappa shape index (κ2) is 5.69. The van der Waals surface area contributed by atoms with Crippen LogP contribution >= 0.6 is 11.6 Å². The van der Waals surface area contributed by atoms with Crippen LogP contribution in [-0.2, 0) is 10.7 Å². The number of nitrogens with zero attached hydrogens (tertiary/aromatic N) is 3. The fourth-order valence-electron chi connectivity index (χ4n) is 1.10. The first-order valence-corrected chi connectivity index (χ1v) is 5.51. The van der Waals surface area contributed by atoms with Crippen LogP contribution in [0.25, 0.3) is 0 Å². The van der Waals surface area contributed by atoms with Gasteiger partial charge in [0, 0.05) is 13.6 Å². The first kappa shape index (κ1) is 12.8. The van der Waals surface area contributed by atoms with Crippen molar-refractivity contribution in [3.05, 3.63) is 5.89 Å². The molecule has 0 aliphatic rings. The number of rotatable bonds is 5. The Morgan fingerprint density at radius 2 is 2.31 bits per heavy atom. The number of anilines is 1. The van der Waals surface area contributed by atoms with Crippen LogP contribution in [0.4, 0.5) is 6.01 Å². The minimum absolute atomic E-state index is 0.0341. The predicted octanol–water partition coefficient (Wildman–Crippen LogP) is 1.09. The second-order valence-corrected chi connectivity index (χ2v) is 3.62. The highest BCUT2D eigenvalue weighted by molar-refractivity contribution is 6.16. The van der Waals surface area contributed by atoms with Crippen molar-refractivity contribution in [2.45, 2.75) is 25.8 Å². The maximum absolute atomic E-state index is 11.7. The fraction of sp³-hybridized carbons (Fsp3) is 0.667. The maximum Gasteiger partial charge on any atom is 0.316 e. The van der Waals surface area contributed by atoms with E-state index in [-0.39, 0.29) is 17.8 Å². The number of amides is 1. The lowest BCUT2D eigenvalue weighted by molar-refractivity contribution is -0.130. The minimum Gasteiger partial charge on any atom is -0.407 e. The van der Waals surface area contributed by atoms with Gasteiger partial charge in [0.1, 0.15) is 11.9 Å². The van der Waals surface area contributed by atoms with Gasteiger partial charge in [-0.05, 0) is 13.8 Å². The molecule has 0 bridgehead atoms. The van der Waals surface area contributed by atoms with Gasteiger partial charge in [-0.2, -0.15) is 0 Å². The van der Waals surface area contributed by atoms with Crippen LogP contribution in [0.2, 0.25) is 0 Å². The number of nitrogens with one attached hydrogen (secondary N) is 1. The number of carbonyl (C=O) groups is 1. The SMILES string of the molecule is CCN(C)C(=O)C(C)Nc1nnc(CCl)o1. The molecule has 1 atom stereocenters. The zero-order chi connectivity index (χ0) is 12.1. The third kappa shape index (κ3) is 3.10. The average Bonchev–Trinajstić information content (AvgIpc) is 2.74. The molecule has 0 saturated heterocycles. The van der Waals surface area contributed by atoms with Crippen molar-refractivity contribution in [1.29, 1.82) is 0 Å². The number of hydrogen-bond acceptors (Lipinski definition) is 5. The topological polar surface area (TPSA) is 71.3 Å². The number of hydrogen-bond donors (Lipinski definition) is 1. The Bertz CT molecular complexity index is 355. The smallest absolute Gasteiger partial charge is 0.316 e. The molecule has 1 unspecified atom stereocenters. The molecule has 0 spiro atoms. The van der Waals surface area contributed by atoms with Crippen LogP contribution in [0.1, 0.15) is 19.7 Å². The highest BCUT2D eigenvalue weighted by Gasteiger charge is 2.18. The number of halogens is 1. The molecule has 90 valence electrons. The van der Waals surface area contributed by atoms with Gasteiger partial charge < -0.3 is 14.6 Å². The quantitative estimate of drug-likeness (QED) is 0.788. The van der Waals surface area contributed by atoms with Crippen molar-refractivity contribution >= 4 is 23.5 Å². The summed E-state index contributed by atoms with van der Waals surface area (Å²) >= 11 is 5.51. The van der Waals surface area contributed by atoms with E-state index in [0.29, 0.717) is 12.4 Å². The summed E-state index contributed by atoms with van der Waals surface area (Å²) in [6.45, 7) is 4.30. The Morgan fingerprint density at radius 3 is 2.81 bits per heavy atom. The molecule has 0 fully saturated rings. The summed E-state index contributed by atoms with van der Waals surface area (Å²) in [7, 11) is 1.73. The van der Waals surface area contributed by atoms with E-state index in [4.69, 9.17) is 16.0 Å². The van der Waals surface area contributed by atoms with Crippen molar-refractivity contribution in [2.75, 3.05) is 18.9 Å². The van der Waals surface area contributed by atoms with Crippen LogP contribution in [0.15, 0.2) is 4.42 Å². The van der Waals surface area contributed by atoms with E-state index >= 15 is 0 Å². The van der Waals surface area contributed by atoms with Gasteiger partial charge in [0.15, 0.2) is 0 Å².